The normalized spacial score (nSPS) is 33.1. The van der Waals surface area contributed by atoms with Crippen molar-refractivity contribution in [2.45, 2.75) is 56.7 Å². The van der Waals surface area contributed by atoms with Crippen molar-refractivity contribution in [1.29, 1.82) is 0 Å². The van der Waals surface area contributed by atoms with Crippen LogP contribution in [0, 0.1) is 17.8 Å². The number of carbonyl (C=O) groups excluding carboxylic acids is 1. The van der Waals surface area contributed by atoms with E-state index in [-0.39, 0.29) is 12.0 Å². The second kappa shape index (κ2) is 7.01. The van der Waals surface area contributed by atoms with Gasteiger partial charge in [-0.15, -0.1) is 11.3 Å². The van der Waals surface area contributed by atoms with Crippen LogP contribution < -0.4 is 0 Å². The maximum Gasteiger partial charge on any atom is 0.344 e. The molecule has 0 radical (unpaired) electrons. The van der Waals surface area contributed by atoms with Crippen LogP contribution in [0.2, 0.25) is 0 Å². The number of ether oxygens (including phenoxy) is 1. The Kier molecular flexibility index (Phi) is 4.91. The first-order valence-corrected chi connectivity index (χ1v) is 10.6. The number of rotatable bonds is 4. The fourth-order valence-electron chi connectivity index (χ4n) is 5.33. The molecule has 3 fully saturated rings. The number of thiophene rings is 1. The highest BCUT2D eigenvalue weighted by Gasteiger charge is 2.51. The lowest BCUT2D eigenvalue weighted by Gasteiger charge is -2.46. The number of hydrogen-bond acceptors (Lipinski definition) is 5. The molecule has 4 rings (SSSR count). The molecule has 1 saturated heterocycles. The van der Waals surface area contributed by atoms with Crippen LogP contribution in [0.1, 0.15) is 49.8 Å². The fourth-order valence-corrected chi connectivity index (χ4v) is 6.23. The van der Waals surface area contributed by atoms with E-state index in [1.165, 1.54) is 17.8 Å². The summed E-state index contributed by atoms with van der Waals surface area (Å²) in [5.41, 5.74) is -1.46. The van der Waals surface area contributed by atoms with E-state index < -0.39 is 11.6 Å². The number of likely N-dealkylation sites (tertiary alicyclic amines) is 1. The smallest absolute Gasteiger partial charge is 0.344 e. The lowest BCUT2D eigenvalue weighted by Crippen LogP contribution is -2.54. The molecular formula is C20H29NO3S. The van der Waals surface area contributed by atoms with Crippen LogP contribution in [0.4, 0.5) is 0 Å². The van der Waals surface area contributed by atoms with Gasteiger partial charge in [-0.05, 0) is 44.2 Å². The van der Waals surface area contributed by atoms with Gasteiger partial charge < -0.3 is 14.7 Å². The number of esters is 1. The second-order valence-electron chi connectivity index (χ2n) is 8.27. The Morgan fingerprint density at radius 2 is 1.88 bits per heavy atom. The fraction of sp³-hybridized carbons (Fsp3) is 0.750. The Morgan fingerprint density at radius 3 is 2.48 bits per heavy atom. The van der Waals surface area contributed by atoms with Crippen LogP contribution in [0.15, 0.2) is 17.5 Å². The van der Waals surface area contributed by atoms with Gasteiger partial charge in [0.05, 0.1) is 0 Å². The first-order chi connectivity index (χ1) is 12.1. The van der Waals surface area contributed by atoms with Crippen molar-refractivity contribution in [3.05, 3.63) is 22.4 Å². The van der Waals surface area contributed by atoms with E-state index in [0.29, 0.717) is 11.8 Å². The Balaban J connectivity index is 1.57. The number of carbonyl (C=O) groups is 1. The molecule has 2 saturated carbocycles. The highest BCUT2D eigenvalue weighted by Crippen LogP contribution is 2.45. The molecule has 0 spiro atoms. The molecule has 138 valence electrons. The first kappa shape index (κ1) is 17.5. The predicted molar refractivity (Wildman–Crippen MR) is 98.4 cm³/mol. The third-order valence-electron chi connectivity index (χ3n) is 6.57. The summed E-state index contributed by atoms with van der Waals surface area (Å²) in [4.78, 5) is 16.4. The third-order valence-corrected chi connectivity index (χ3v) is 7.56. The van der Waals surface area contributed by atoms with Gasteiger partial charge in [0.1, 0.15) is 6.10 Å². The first-order valence-electron chi connectivity index (χ1n) is 9.75. The van der Waals surface area contributed by atoms with Crippen LogP contribution in [0.25, 0.3) is 0 Å². The largest absolute Gasteiger partial charge is 0.459 e. The van der Waals surface area contributed by atoms with Crippen molar-refractivity contribution in [3.8, 4) is 0 Å². The SMILES string of the molecule is CN1CC2CCCC(C1)C2OC(=O)C(O)(c1cccs1)C1CCCC1. The molecule has 2 heterocycles. The average Bonchev–Trinajstić information content (AvgIpc) is 3.29. The zero-order valence-corrected chi connectivity index (χ0v) is 15.8. The van der Waals surface area contributed by atoms with Gasteiger partial charge in [0.2, 0.25) is 0 Å². The molecule has 2 bridgehead atoms. The van der Waals surface area contributed by atoms with E-state index in [0.717, 1.165) is 56.5 Å². The van der Waals surface area contributed by atoms with Gasteiger partial charge in [-0.25, -0.2) is 4.79 Å². The summed E-state index contributed by atoms with van der Waals surface area (Å²) in [6.45, 7) is 1.99. The van der Waals surface area contributed by atoms with E-state index in [4.69, 9.17) is 4.74 Å². The summed E-state index contributed by atoms with van der Waals surface area (Å²) in [7, 11) is 2.16. The molecule has 25 heavy (non-hydrogen) atoms. The highest BCUT2D eigenvalue weighted by molar-refractivity contribution is 7.10. The van der Waals surface area contributed by atoms with Gasteiger partial charge in [-0.1, -0.05) is 25.3 Å². The summed E-state index contributed by atoms with van der Waals surface area (Å²) in [6, 6.07) is 3.80. The third kappa shape index (κ3) is 3.15. The van der Waals surface area contributed by atoms with Crippen LogP contribution in [0.5, 0.6) is 0 Å². The van der Waals surface area contributed by atoms with Crippen molar-refractivity contribution in [1.82, 2.24) is 4.90 Å². The summed E-state index contributed by atoms with van der Waals surface area (Å²) in [6.07, 6.45) is 7.45. The van der Waals surface area contributed by atoms with Gasteiger partial charge in [-0.3, -0.25) is 0 Å². The number of nitrogens with zero attached hydrogens (tertiary/aromatic N) is 1. The average molecular weight is 364 g/mol. The maximum absolute atomic E-state index is 13.3. The van der Waals surface area contributed by atoms with E-state index in [1.54, 1.807) is 0 Å². The Labute approximate surface area is 154 Å². The molecule has 1 aliphatic heterocycles. The van der Waals surface area contributed by atoms with Crippen molar-refractivity contribution >= 4 is 17.3 Å². The summed E-state index contributed by atoms with van der Waals surface area (Å²) >= 11 is 1.47. The molecule has 1 N–H and O–H groups in total. The molecule has 0 amide bonds. The monoisotopic (exact) mass is 363 g/mol. The quantitative estimate of drug-likeness (QED) is 0.833. The van der Waals surface area contributed by atoms with Crippen LogP contribution in [0.3, 0.4) is 0 Å². The zero-order valence-electron chi connectivity index (χ0n) is 15.0. The number of hydrogen-bond donors (Lipinski definition) is 1. The van der Waals surface area contributed by atoms with Crippen LogP contribution >= 0.6 is 11.3 Å². The maximum atomic E-state index is 13.3. The van der Waals surface area contributed by atoms with Crippen molar-refractivity contribution in [3.63, 3.8) is 0 Å². The Hall–Kier alpha value is -0.910. The molecule has 4 nitrogen and oxygen atoms in total. The van der Waals surface area contributed by atoms with Gasteiger partial charge >= 0.3 is 5.97 Å². The molecule has 1 aromatic heterocycles. The lowest BCUT2D eigenvalue weighted by molar-refractivity contribution is -0.191. The van der Waals surface area contributed by atoms with Crippen LogP contribution in [-0.2, 0) is 15.1 Å². The van der Waals surface area contributed by atoms with Gasteiger partial charge in [-0.2, -0.15) is 0 Å². The molecule has 0 aromatic carbocycles. The predicted octanol–water partition coefficient (Wildman–Crippen LogP) is 3.40. The zero-order chi connectivity index (χ0) is 17.4. The lowest BCUT2D eigenvalue weighted by atomic mass is 9.75. The molecular weight excluding hydrogens is 334 g/mol. The van der Waals surface area contributed by atoms with E-state index in [2.05, 4.69) is 11.9 Å². The summed E-state index contributed by atoms with van der Waals surface area (Å²) in [5.74, 6) is 0.424. The minimum atomic E-state index is -1.46. The van der Waals surface area contributed by atoms with E-state index in [9.17, 15) is 9.90 Å². The van der Waals surface area contributed by atoms with Gasteiger partial charge in [0, 0.05) is 35.7 Å². The summed E-state index contributed by atoms with van der Waals surface area (Å²) in [5, 5.41) is 13.4. The van der Waals surface area contributed by atoms with Crippen molar-refractivity contribution in [2.24, 2.45) is 17.8 Å². The minimum absolute atomic E-state index is 0.00949. The summed E-state index contributed by atoms with van der Waals surface area (Å²) < 4.78 is 6.10. The number of piperidine rings is 1. The van der Waals surface area contributed by atoms with E-state index >= 15 is 0 Å². The van der Waals surface area contributed by atoms with Crippen LogP contribution in [-0.4, -0.2) is 42.2 Å². The molecule has 3 unspecified atom stereocenters. The number of aliphatic hydroxyl groups is 1. The number of fused-ring (bicyclic) bond motifs is 2. The van der Waals surface area contributed by atoms with Crippen molar-refractivity contribution in [2.75, 3.05) is 20.1 Å². The Morgan fingerprint density at radius 1 is 1.20 bits per heavy atom. The highest BCUT2D eigenvalue weighted by atomic mass is 32.1. The topological polar surface area (TPSA) is 49.8 Å². The van der Waals surface area contributed by atoms with E-state index in [1.807, 2.05) is 17.5 Å². The molecule has 3 atom stereocenters. The van der Waals surface area contributed by atoms with Gasteiger partial charge in [0.25, 0.3) is 0 Å². The van der Waals surface area contributed by atoms with Gasteiger partial charge in [0.15, 0.2) is 5.60 Å². The molecule has 5 heteroatoms. The standard InChI is InChI=1S/C20H29NO3S/c1-21-12-14-6-4-7-15(13-21)18(14)24-19(22)20(23,16-8-2-3-9-16)17-10-5-11-25-17/h5,10-11,14-16,18,23H,2-4,6-9,12-13H2,1H3. The second-order valence-corrected chi connectivity index (χ2v) is 9.21. The molecule has 3 aliphatic rings. The molecule has 2 aliphatic carbocycles. The van der Waals surface area contributed by atoms with Crippen molar-refractivity contribution < 1.29 is 14.6 Å². The Bertz CT molecular complexity index is 584. The minimum Gasteiger partial charge on any atom is -0.459 e. The molecule has 1 aromatic rings.